The number of carbonyl (C=O) groups excluding carboxylic acids is 4. The number of carbonyl (C=O) groups is 4. The first-order valence-corrected chi connectivity index (χ1v) is 31.9. The van der Waals surface area contributed by atoms with Gasteiger partial charge in [0.2, 0.25) is 0 Å². The minimum Gasteiger partial charge on any atom is -0.494 e. The van der Waals surface area contributed by atoms with E-state index in [1.807, 2.05) is 20.8 Å². The summed E-state index contributed by atoms with van der Waals surface area (Å²) < 4.78 is 119. The molecule has 0 saturated heterocycles. The maximum atomic E-state index is 14.5. The van der Waals surface area contributed by atoms with Gasteiger partial charge in [-0.2, -0.15) is 25.3 Å². The summed E-state index contributed by atoms with van der Waals surface area (Å²) in [6.45, 7) is 5.76. The average Bonchev–Trinajstić information content (AvgIpc) is 0.716. The molecule has 0 radical (unpaired) electrons. The van der Waals surface area contributed by atoms with Crippen LogP contribution in [0.3, 0.4) is 0 Å². The molecule has 0 unspecified atom stereocenters. The van der Waals surface area contributed by atoms with Crippen LogP contribution >= 0.6 is 0 Å². The summed E-state index contributed by atoms with van der Waals surface area (Å²) in [7, 11) is -9.71. The summed E-state index contributed by atoms with van der Waals surface area (Å²) in [6, 6.07) is 38.8. The summed E-state index contributed by atoms with van der Waals surface area (Å²) in [5.74, 6) is -2.47. The number of aromatic amines is 1. The highest BCUT2D eigenvalue weighted by Gasteiger charge is 2.38. The number of rotatable bonds is 15. The molecule has 0 spiro atoms. The van der Waals surface area contributed by atoms with E-state index in [0.29, 0.717) is 51.0 Å². The number of esters is 1. The predicted octanol–water partition coefficient (Wildman–Crippen LogP) is 11.2. The number of hydrogen-bond acceptors (Lipinski definition) is 17. The van der Waals surface area contributed by atoms with Crippen molar-refractivity contribution in [2.45, 2.75) is 47.3 Å². The van der Waals surface area contributed by atoms with Crippen molar-refractivity contribution < 1.29 is 72.3 Å². The van der Waals surface area contributed by atoms with Crippen LogP contribution in [0.4, 0.5) is 22.7 Å². The number of methoxy groups -OCH3 is 2. The Morgan fingerprint density at radius 3 is 1.53 bits per heavy atom. The Morgan fingerprint density at radius 2 is 1.04 bits per heavy atom. The van der Waals surface area contributed by atoms with Crippen molar-refractivity contribution in [2.24, 2.45) is 7.05 Å². The van der Waals surface area contributed by atoms with Gasteiger partial charge in [-0.3, -0.25) is 37.6 Å². The van der Waals surface area contributed by atoms with E-state index in [2.05, 4.69) is 15.6 Å². The molecule has 0 aliphatic heterocycles. The molecule has 2 aromatic heterocycles. The van der Waals surface area contributed by atoms with Crippen molar-refractivity contribution in [3.63, 3.8) is 0 Å². The van der Waals surface area contributed by atoms with Gasteiger partial charge in [0.1, 0.15) is 22.0 Å². The van der Waals surface area contributed by atoms with Crippen LogP contribution in [-0.4, -0.2) is 86.0 Å². The molecule has 2 heterocycles. The van der Waals surface area contributed by atoms with Gasteiger partial charge in [0, 0.05) is 69.1 Å². The molecular weight excluding hydrogens is 1230 g/mol. The van der Waals surface area contributed by atoms with Gasteiger partial charge in [0.05, 0.1) is 63.1 Å². The third kappa shape index (κ3) is 11.1. The first-order valence-electron chi connectivity index (χ1n) is 27.6. The van der Waals surface area contributed by atoms with E-state index in [9.17, 15) is 67.7 Å². The first kappa shape index (κ1) is 62.2. The molecule has 10 aromatic rings. The Morgan fingerprint density at radius 1 is 0.560 bits per heavy atom. The smallest absolute Gasteiger partial charge is 0.344 e. The number of aryl methyl sites for hydroxylation is 1. The molecule has 22 nitrogen and oxygen atoms in total. The fraction of sp³-hybridized carbons (Fsp3) is 0.121. The molecule has 0 atom stereocenters. The van der Waals surface area contributed by atoms with E-state index in [4.69, 9.17) is 14.2 Å². The van der Waals surface area contributed by atoms with Crippen LogP contribution in [0, 0.1) is 0 Å². The summed E-state index contributed by atoms with van der Waals surface area (Å²) in [5, 5.41) is 6.66. The standard InChI is InChI=1S/C40H32N2O10S2.C26H20N2O8S/c1-4-40(2,3)23-14-19-29(31(20-23)54(49,50)51)52-30-21-28(41-24-15-17-25(18-16-24)53(46,47)48)33-34-32(26-12-8-9-13-27(26)38(33)44)35(39(45)42-36(30)34)37(43)22-10-6-5-7-11-22;1-28-23-18(35-2)12-17(27-13-8-10-14(11-9-13)37(32,33)34)20-21(23)19(22(25(28)30)26(31)36-3)15-6-4-5-7-16(15)24(20)29/h5-21,41H,4H2,1-3H3,(H,42,45)(H,46,47,48)(H,49,50,51);4-12,27H,1-3H3,(H,32,33,34). The molecule has 462 valence electrons. The molecular formula is C66H52N4O18S3. The zero-order chi connectivity index (χ0) is 65.4. The van der Waals surface area contributed by atoms with Crippen LogP contribution in [0.1, 0.15) is 90.9 Å². The lowest BCUT2D eigenvalue weighted by molar-refractivity contribution is 0.0598. The number of aromatic nitrogens is 2. The van der Waals surface area contributed by atoms with Gasteiger partial charge in [-0.1, -0.05) is 106 Å². The van der Waals surface area contributed by atoms with Crippen LogP contribution in [-0.2, 0) is 47.6 Å². The van der Waals surface area contributed by atoms with Crippen molar-refractivity contribution in [3.8, 4) is 39.5 Å². The van der Waals surface area contributed by atoms with Crippen molar-refractivity contribution in [3.05, 3.63) is 223 Å². The third-order valence-corrected chi connectivity index (χ3v) is 18.7. The number of nitrogens with zero attached hydrogens (tertiary/aromatic N) is 1. The number of H-pyrrole nitrogens is 1. The number of ketones is 3. The predicted molar refractivity (Wildman–Crippen MR) is 338 cm³/mol. The number of nitrogens with one attached hydrogen (secondary N) is 3. The fourth-order valence-corrected chi connectivity index (χ4v) is 12.8. The van der Waals surface area contributed by atoms with E-state index in [1.165, 1.54) is 80.4 Å². The lowest BCUT2D eigenvalue weighted by Gasteiger charge is -2.26. The molecule has 0 amide bonds. The van der Waals surface area contributed by atoms with Crippen LogP contribution in [0.15, 0.2) is 182 Å². The van der Waals surface area contributed by atoms with Gasteiger partial charge in [0.15, 0.2) is 23.1 Å². The lowest BCUT2D eigenvalue weighted by atomic mass is 9.80. The van der Waals surface area contributed by atoms with E-state index < -0.39 is 69.3 Å². The Labute approximate surface area is 519 Å². The monoisotopic (exact) mass is 1280 g/mol. The fourth-order valence-electron chi connectivity index (χ4n) is 11.2. The number of hydrogen-bond donors (Lipinski definition) is 6. The zero-order valence-electron chi connectivity index (χ0n) is 48.9. The zero-order valence-corrected chi connectivity index (χ0v) is 51.3. The Bertz CT molecular complexity index is 5280. The van der Waals surface area contributed by atoms with Crippen molar-refractivity contribution in [1.29, 1.82) is 0 Å². The topological polar surface area (TPSA) is 338 Å². The van der Waals surface area contributed by atoms with E-state index in [-0.39, 0.29) is 99.6 Å². The minimum atomic E-state index is -4.87. The van der Waals surface area contributed by atoms with Gasteiger partial charge < -0.3 is 34.4 Å². The van der Waals surface area contributed by atoms with Gasteiger partial charge in [0.25, 0.3) is 41.5 Å². The summed E-state index contributed by atoms with van der Waals surface area (Å²) in [4.78, 5) is 84.3. The number of fused-ring (bicyclic) bond motifs is 4. The molecule has 12 rings (SSSR count). The normalized spacial score (nSPS) is 12.5. The second-order valence-corrected chi connectivity index (χ2v) is 26.0. The van der Waals surface area contributed by atoms with Crippen LogP contribution in [0.25, 0.3) is 44.1 Å². The minimum absolute atomic E-state index is 0.0262. The lowest BCUT2D eigenvalue weighted by Crippen LogP contribution is -2.29. The Balaban J connectivity index is 0.000000200. The average molecular weight is 1290 g/mol. The number of anilines is 4. The van der Waals surface area contributed by atoms with Crippen molar-refractivity contribution in [2.75, 3.05) is 24.9 Å². The summed E-state index contributed by atoms with van der Waals surface area (Å²) >= 11 is 0. The Kier molecular flexibility index (Phi) is 15.9. The Hall–Kier alpha value is -10.4. The molecule has 0 fully saturated rings. The van der Waals surface area contributed by atoms with Crippen molar-refractivity contribution >= 4 is 98.2 Å². The summed E-state index contributed by atoms with van der Waals surface area (Å²) in [6.07, 6.45) is 0.647. The number of pyridine rings is 2. The second-order valence-electron chi connectivity index (χ2n) is 21.8. The number of benzene rings is 8. The molecule has 91 heavy (non-hydrogen) atoms. The third-order valence-electron chi connectivity index (χ3n) is 16.1. The quantitative estimate of drug-likeness (QED) is 0.0315. The molecule has 8 aromatic carbocycles. The first-order chi connectivity index (χ1) is 43.1. The largest absolute Gasteiger partial charge is 0.494 e. The molecule has 0 bridgehead atoms. The second kappa shape index (κ2) is 23.2. The molecule has 25 heteroatoms. The molecule has 6 N–H and O–H groups in total. The van der Waals surface area contributed by atoms with E-state index in [0.717, 1.165) is 12.1 Å². The highest BCUT2D eigenvalue weighted by atomic mass is 32.2. The highest BCUT2D eigenvalue weighted by Crippen LogP contribution is 2.50. The van der Waals surface area contributed by atoms with E-state index in [1.54, 1.807) is 91.0 Å². The van der Waals surface area contributed by atoms with Gasteiger partial charge in [-0.25, -0.2) is 4.79 Å². The van der Waals surface area contributed by atoms with Crippen LogP contribution in [0.5, 0.6) is 17.2 Å². The van der Waals surface area contributed by atoms with Gasteiger partial charge in [-0.05, 0) is 89.2 Å². The van der Waals surface area contributed by atoms with Crippen LogP contribution < -0.4 is 31.2 Å². The highest BCUT2D eigenvalue weighted by molar-refractivity contribution is 7.86. The maximum absolute atomic E-state index is 14.5. The maximum Gasteiger partial charge on any atom is 0.344 e. The van der Waals surface area contributed by atoms with Crippen LogP contribution in [0.2, 0.25) is 0 Å². The van der Waals surface area contributed by atoms with Gasteiger partial charge in [-0.15, -0.1) is 0 Å². The molecule has 0 saturated carbocycles. The van der Waals surface area contributed by atoms with E-state index >= 15 is 0 Å². The van der Waals surface area contributed by atoms with Gasteiger partial charge >= 0.3 is 5.97 Å². The SMILES string of the molecule is CCC(C)(C)c1ccc(Oc2cc(Nc3ccc(S(=O)(=O)O)cc3)c3c4c(c(C(=O)c5ccccc5)c(=O)[nH]c24)-c2ccccc2C3=O)c(S(=O)(=O)O)c1.COC(=O)c1c2c3c(c(Nc4ccc(S(=O)(=O)O)cc4)cc(OC)c3n(C)c1=O)C(=O)c1ccccc1-2. The van der Waals surface area contributed by atoms with Crippen molar-refractivity contribution in [1.82, 2.24) is 9.55 Å². The molecule has 2 aliphatic rings. The number of ether oxygens (including phenoxy) is 3. The summed E-state index contributed by atoms with van der Waals surface area (Å²) in [5.41, 5.74) is 1.67. The molecule has 2 aliphatic carbocycles.